The molecule has 0 atom stereocenters. The first kappa shape index (κ1) is 12.5. The van der Waals surface area contributed by atoms with Gasteiger partial charge < -0.3 is 10.0 Å². The van der Waals surface area contributed by atoms with Gasteiger partial charge in [0.15, 0.2) is 0 Å². The molecule has 0 aliphatic rings. The molecule has 0 radical (unpaired) electrons. The lowest BCUT2D eigenvalue weighted by Gasteiger charge is -2.21. The molecule has 4 heteroatoms. The van der Waals surface area contributed by atoms with Crippen molar-refractivity contribution in [1.29, 1.82) is 0 Å². The summed E-state index contributed by atoms with van der Waals surface area (Å²) in [4.78, 5) is 12.6. The Morgan fingerprint density at radius 1 is 1.50 bits per heavy atom. The van der Waals surface area contributed by atoms with Gasteiger partial charge in [0.2, 0.25) is 0 Å². The van der Waals surface area contributed by atoms with Crippen LogP contribution in [-0.4, -0.2) is 24.7 Å². The lowest BCUT2D eigenvalue weighted by Crippen LogP contribution is -2.22. The van der Waals surface area contributed by atoms with E-state index >= 15 is 0 Å². The Morgan fingerprint density at radius 2 is 2.19 bits per heavy atom. The van der Waals surface area contributed by atoms with E-state index in [4.69, 9.17) is 5.11 Å². The first-order chi connectivity index (χ1) is 7.57. The fourth-order valence-electron chi connectivity index (χ4n) is 1.58. The number of nitrogens with zero attached hydrogens (tertiary/aromatic N) is 1. The molecule has 0 saturated carbocycles. The van der Waals surface area contributed by atoms with E-state index in [9.17, 15) is 9.18 Å². The Bertz CT molecular complexity index is 379. The summed E-state index contributed by atoms with van der Waals surface area (Å²) in [5, 5.41) is 8.97. The minimum Gasteiger partial charge on any atom is -0.478 e. The minimum atomic E-state index is -1.10. The van der Waals surface area contributed by atoms with E-state index < -0.39 is 11.8 Å². The Labute approximate surface area is 94.5 Å². The van der Waals surface area contributed by atoms with E-state index in [0.717, 1.165) is 12.8 Å². The molecule has 0 unspecified atom stereocenters. The second kappa shape index (κ2) is 5.49. The third kappa shape index (κ3) is 2.72. The SMILES string of the molecule is CCCCN(C)c1c(F)cccc1C(=O)O. The number of aromatic carboxylic acids is 1. The minimum absolute atomic E-state index is 0.0126. The number of benzene rings is 1. The second-order valence-electron chi connectivity index (χ2n) is 3.72. The smallest absolute Gasteiger partial charge is 0.337 e. The van der Waals surface area contributed by atoms with Gasteiger partial charge in [-0.05, 0) is 18.6 Å². The van der Waals surface area contributed by atoms with Gasteiger partial charge in [-0.2, -0.15) is 0 Å². The van der Waals surface area contributed by atoms with Crippen LogP contribution in [0.2, 0.25) is 0 Å². The summed E-state index contributed by atoms with van der Waals surface area (Å²) in [6.45, 7) is 2.69. The van der Waals surface area contributed by atoms with E-state index in [1.807, 2.05) is 6.92 Å². The van der Waals surface area contributed by atoms with Crippen molar-refractivity contribution in [3.63, 3.8) is 0 Å². The first-order valence-corrected chi connectivity index (χ1v) is 5.30. The number of carbonyl (C=O) groups is 1. The molecule has 0 aliphatic heterocycles. The molecule has 1 N–H and O–H groups in total. The molecule has 0 spiro atoms. The van der Waals surface area contributed by atoms with Crippen molar-refractivity contribution in [1.82, 2.24) is 0 Å². The number of hydrogen-bond acceptors (Lipinski definition) is 2. The van der Waals surface area contributed by atoms with Crippen LogP contribution in [0.15, 0.2) is 18.2 Å². The van der Waals surface area contributed by atoms with Crippen molar-refractivity contribution >= 4 is 11.7 Å². The van der Waals surface area contributed by atoms with E-state index in [-0.39, 0.29) is 11.3 Å². The highest BCUT2D eigenvalue weighted by Crippen LogP contribution is 2.23. The van der Waals surface area contributed by atoms with Gasteiger partial charge in [-0.1, -0.05) is 19.4 Å². The molecule has 0 aromatic heterocycles. The fraction of sp³-hybridized carbons (Fsp3) is 0.417. The maximum absolute atomic E-state index is 13.6. The third-order valence-electron chi connectivity index (χ3n) is 2.45. The Hall–Kier alpha value is -1.58. The Kier molecular flexibility index (Phi) is 4.28. The van der Waals surface area contributed by atoms with E-state index in [0.29, 0.717) is 6.54 Å². The summed E-state index contributed by atoms with van der Waals surface area (Å²) in [6, 6.07) is 4.11. The summed E-state index contributed by atoms with van der Waals surface area (Å²) in [5.74, 6) is -1.59. The molecule has 0 heterocycles. The maximum atomic E-state index is 13.6. The zero-order valence-electron chi connectivity index (χ0n) is 9.53. The zero-order valence-corrected chi connectivity index (χ0v) is 9.53. The largest absolute Gasteiger partial charge is 0.478 e. The number of hydrogen-bond donors (Lipinski definition) is 1. The van der Waals surface area contributed by atoms with Crippen molar-refractivity contribution < 1.29 is 14.3 Å². The number of para-hydroxylation sites is 1. The molecular weight excluding hydrogens is 209 g/mol. The standard InChI is InChI=1S/C12H16FNO2/c1-3-4-8-14(2)11-9(12(15)16)6-5-7-10(11)13/h5-7H,3-4,8H2,1-2H3,(H,15,16). The molecule has 0 aliphatic carbocycles. The highest BCUT2D eigenvalue weighted by Gasteiger charge is 2.17. The van der Waals surface area contributed by atoms with Crippen LogP contribution < -0.4 is 4.90 Å². The van der Waals surface area contributed by atoms with Crippen LogP contribution in [-0.2, 0) is 0 Å². The van der Waals surface area contributed by atoms with Gasteiger partial charge in [0, 0.05) is 13.6 Å². The second-order valence-corrected chi connectivity index (χ2v) is 3.72. The lowest BCUT2D eigenvalue weighted by molar-refractivity contribution is 0.0697. The van der Waals surface area contributed by atoms with Crippen LogP contribution in [0.5, 0.6) is 0 Å². The van der Waals surface area contributed by atoms with Crippen LogP contribution in [0.4, 0.5) is 10.1 Å². The molecule has 16 heavy (non-hydrogen) atoms. The number of halogens is 1. The quantitative estimate of drug-likeness (QED) is 0.837. The topological polar surface area (TPSA) is 40.5 Å². The highest BCUT2D eigenvalue weighted by atomic mass is 19.1. The molecule has 0 amide bonds. The van der Waals surface area contributed by atoms with Crippen molar-refractivity contribution in [2.45, 2.75) is 19.8 Å². The van der Waals surface area contributed by atoms with Gasteiger partial charge in [-0.25, -0.2) is 9.18 Å². The van der Waals surface area contributed by atoms with Crippen molar-refractivity contribution in [2.24, 2.45) is 0 Å². The fourth-order valence-corrected chi connectivity index (χ4v) is 1.58. The molecule has 1 aromatic rings. The van der Waals surface area contributed by atoms with Gasteiger partial charge in [-0.15, -0.1) is 0 Å². The van der Waals surface area contributed by atoms with E-state index in [2.05, 4.69) is 0 Å². The van der Waals surface area contributed by atoms with Crippen molar-refractivity contribution in [2.75, 3.05) is 18.5 Å². The lowest BCUT2D eigenvalue weighted by atomic mass is 10.1. The van der Waals surface area contributed by atoms with Crippen LogP contribution in [0, 0.1) is 5.82 Å². The predicted octanol–water partition coefficient (Wildman–Crippen LogP) is 2.76. The zero-order chi connectivity index (χ0) is 12.1. The monoisotopic (exact) mass is 225 g/mol. The Balaban J connectivity index is 3.04. The molecule has 3 nitrogen and oxygen atoms in total. The average Bonchev–Trinajstić information content (AvgIpc) is 2.25. The van der Waals surface area contributed by atoms with E-state index in [1.54, 1.807) is 11.9 Å². The molecule has 1 aromatic carbocycles. The summed E-state index contributed by atoms with van der Waals surface area (Å²) in [6.07, 6.45) is 1.89. The molecule has 1 rings (SSSR count). The summed E-state index contributed by atoms with van der Waals surface area (Å²) >= 11 is 0. The van der Waals surface area contributed by atoms with Crippen LogP contribution in [0.1, 0.15) is 30.1 Å². The highest BCUT2D eigenvalue weighted by molar-refractivity contribution is 5.94. The Morgan fingerprint density at radius 3 is 2.75 bits per heavy atom. The number of anilines is 1. The molecule has 0 saturated heterocycles. The van der Waals surface area contributed by atoms with Gasteiger partial charge >= 0.3 is 5.97 Å². The van der Waals surface area contributed by atoms with Crippen molar-refractivity contribution in [3.05, 3.63) is 29.6 Å². The van der Waals surface area contributed by atoms with Crippen molar-refractivity contribution in [3.8, 4) is 0 Å². The van der Waals surface area contributed by atoms with Crippen LogP contribution in [0.3, 0.4) is 0 Å². The summed E-state index contributed by atoms with van der Waals surface area (Å²) < 4.78 is 13.6. The van der Waals surface area contributed by atoms with Gasteiger partial charge in [0.05, 0.1) is 11.3 Å². The summed E-state index contributed by atoms with van der Waals surface area (Å²) in [5.41, 5.74) is 0.182. The molecule has 0 fully saturated rings. The van der Waals surface area contributed by atoms with E-state index in [1.165, 1.54) is 18.2 Å². The summed E-state index contributed by atoms with van der Waals surface area (Å²) in [7, 11) is 1.71. The van der Waals surface area contributed by atoms with Gasteiger partial charge in [0.1, 0.15) is 5.82 Å². The first-order valence-electron chi connectivity index (χ1n) is 5.30. The third-order valence-corrected chi connectivity index (χ3v) is 2.45. The van der Waals surface area contributed by atoms with Gasteiger partial charge in [-0.3, -0.25) is 0 Å². The number of rotatable bonds is 5. The molecular formula is C12H16FNO2. The van der Waals surface area contributed by atoms with Gasteiger partial charge in [0.25, 0.3) is 0 Å². The number of unbranched alkanes of at least 4 members (excludes halogenated alkanes) is 1. The number of carboxylic acid groups (broad SMARTS) is 1. The normalized spacial score (nSPS) is 10.2. The van der Waals surface area contributed by atoms with Crippen LogP contribution in [0.25, 0.3) is 0 Å². The number of carboxylic acids is 1. The molecule has 0 bridgehead atoms. The maximum Gasteiger partial charge on any atom is 0.337 e. The van der Waals surface area contributed by atoms with Crippen LogP contribution >= 0.6 is 0 Å². The molecule has 88 valence electrons. The average molecular weight is 225 g/mol. The predicted molar refractivity (Wildman–Crippen MR) is 61.5 cm³/mol.